The third kappa shape index (κ3) is 5.13. The summed E-state index contributed by atoms with van der Waals surface area (Å²) >= 11 is 0. The number of piperazine rings is 1. The van der Waals surface area contributed by atoms with Crippen LogP contribution >= 0.6 is 12.4 Å². The van der Waals surface area contributed by atoms with Crippen molar-refractivity contribution in [1.82, 2.24) is 9.80 Å². The number of hydrogen-bond donors (Lipinski definition) is 1. The van der Waals surface area contributed by atoms with Crippen LogP contribution < -0.4 is 5.73 Å². The van der Waals surface area contributed by atoms with Crippen LogP contribution in [0, 0.1) is 5.92 Å². The molecule has 1 aliphatic heterocycles. The number of nitrogens with zero attached hydrogens (tertiary/aromatic N) is 2. The molecule has 0 spiro atoms. The van der Waals surface area contributed by atoms with Gasteiger partial charge in [0.25, 0.3) is 0 Å². The van der Waals surface area contributed by atoms with E-state index >= 15 is 0 Å². The van der Waals surface area contributed by atoms with Gasteiger partial charge in [-0.15, -0.1) is 12.4 Å². The molecular formula is C14H26ClN3O3. The van der Waals surface area contributed by atoms with Gasteiger partial charge < -0.3 is 15.4 Å². The van der Waals surface area contributed by atoms with Gasteiger partial charge in [0, 0.05) is 38.1 Å². The summed E-state index contributed by atoms with van der Waals surface area (Å²) in [6.45, 7) is 3.18. The summed E-state index contributed by atoms with van der Waals surface area (Å²) in [4.78, 5) is 27.6. The third-order valence-corrected chi connectivity index (χ3v) is 4.33. The monoisotopic (exact) mass is 319 g/mol. The summed E-state index contributed by atoms with van der Waals surface area (Å²) in [7, 11) is 1.40. The van der Waals surface area contributed by atoms with Crippen LogP contribution in [0.1, 0.15) is 25.7 Å². The van der Waals surface area contributed by atoms with E-state index in [4.69, 9.17) is 5.73 Å². The fourth-order valence-electron chi connectivity index (χ4n) is 3.08. The lowest BCUT2D eigenvalue weighted by molar-refractivity contribution is -0.143. The molecule has 6 nitrogen and oxygen atoms in total. The maximum Gasteiger partial charge on any atom is 0.319 e. The van der Waals surface area contributed by atoms with E-state index in [-0.39, 0.29) is 36.2 Å². The Bertz CT molecular complexity index is 359. The summed E-state index contributed by atoms with van der Waals surface area (Å²) < 4.78 is 4.66. The van der Waals surface area contributed by atoms with Crippen LogP contribution in [0.25, 0.3) is 0 Å². The molecule has 7 heteroatoms. The van der Waals surface area contributed by atoms with E-state index in [0.717, 1.165) is 38.8 Å². The summed E-state index contributed by atoms with van der Waals surface area (Å²) in [5, 5.41) is 0. The van der Waals surface area contributed by atoms with Crippen molar-refractivity contribution in [1.29, 1.82) is 0 Å². The lowest BCUT2D eigenvalue weighted by atomic mass is 9.85. The number of ether oxygens (including phenoxy) is 1. The van der Waals surface area contributed by atoms with Crippen LogP contribution in [0.4, 0.5) is 0 Å². The Morgan fingerprint density at radius 2 is 1.86 bits per heavy atom. The Kier molecular flexibility index (Phi) is 7.42. The molecule has 2 rings (SSSR count). The van der Waals surface area contributed by atoms with Crippen molar-refractivity contribution in [2.24, 2.45) is 11.7 Å². The Morgan fingerprint density at radius 3 is 2.43 bits per heavy atom. The predicted octanol–water partition coefficient (Wildman–Crippen LogP) is 0.243. The molecule has 1 heterocycles. The molecule has 2 aliphatic rings. The number of carbonyl (C=O) groups excluding carboxylic acids is 2. The number of methoxy groups -OCH3 is 1. The maximum atomic E-state index is 12.4. The second kappa shape index (κ2) is 8.56. The lowest BCUT2D eigenvalue weighted by Crippen LogP contribution is -2.52. The number of nitrogens with two attached hydrogens (primary N) is 1. The van der Waals surface area contributed by atoms with Crippen molar-refractivity contribution >= 4 is 24.3 Å². The molecule has 2 N–H and O–H groups in total. The minimum absolute atomic E-state index is 0. The number of halogens is 1. The highest BCUT2D eigenvalue weighted by molar-refractivity contribution is 5.85. The van der Waals surface area contributed by atoms with Gasteiger partial charge in [-0.1, -0.05) is 6.42 Å². The molecule has 1 amide bonds. The number of esters is 1. The quantitative estimate of drug-likeness (QED) is 0.754. The van der Waals surface area contributed by atoms with Gasteiger partial charge in [-0.25, -0.2) is 0 Å². The normalized spacial score (nSPS) is 26.9. The van der Waals surface area contributed by atoms with Crippen LogP contribution in [-0.2, 0) is 14.3 Å². The SMILES string of the molecule is COC(=O)CN1CCN(C(=O)C2CCCC(N)C2)CC1.Cl. The zero-order chi connectivity index (χ0) is 14.5. The van der Waals surface area contributed by atoms with E-state index in [2.05, 4.69) is 4.74 Å². The first-order valence-corrected chi connectivity index (χ1v) is 7.43. The standard InChI is InChI=1S/C14H25N3O3.ClH/c1-20-13(18)10-16-5-7-17(8-6-16)14(19)11-3-2-4-12(15)9-11;/h11-12H,2-10,15H2,1H3;1H. The summed E-state index contributed by atoms with van der Waals surface area (Å²) in [5.74, 6) is 0.131. The molecule has 1 saturated heterocycles. The van der Waals surface area contributed by atoms with E-state index in [0.29, 0.717) is 19.6 Å². The van der Waals surface area contributed by atoms with E-state index in [1.807, 2.05) is 9.80 Å². The molecule has 0 bridgehead atoms. The Balaban J connectivity index is 0.00000220. The number of amides is 1. The second-order valence-corrected chi connectivity index (χ2v) is 5.80. The molecule has 0 aromatic rings. The molecule has 21 heavy (non-hydrogen) atoms. The van der Waals surface area contributed by atoms with Gasteiger partial charge >= 0.3 is 5.97 Å². The number of rotatable bonds is 3. The molecular weight excluding hydrogens is 294 g/mol. The van der Waals surface area contributed by atoms with Crippen molar-refractivity contribution < 1.29 is 14.3 Å². The van der Waals surface area contributed by atoms with Crippen LogP contribution in [0.15, 0.2) is 0 Å². The minimum atomic E-state index is -0.219. The Hall–Kier alpha value is -0.850. The highest BCUT2D eigenvalue weighted by Gasteiger charge is 2.30. The van der Waals surface area contributed by atoms with Crippen molar-refractivity contribution in [3.05, 3.63) is 0 Å². The molecule has 0 radical (unpaired) electrons. The van der Waals surface area contributed by atoms with E-state index < -0.39 is 0 Å². The van der Waals surface area contributed by atoms with Crippen molar-refractivity contribution in [2.75, 3.05) is 39.8 Å². The smallest absolute Gasteiger partial charge is 0.319 e. The highest BCUT2D eigenvalue weighted by atomic mass is 35.5. The van der Waals surface area contributed by atoms with Crippen LogP contribution in [0.2, 0.25) is 0 Å². The predicted molar refractivity (Wildman–Crippen MR) is 82.2 cm³/mol. The van der Waals surface area contributed by atoms with Gasteiger partial charge in [-0.3, -0.25) is 14.5 Å². The average molecular weight is 320 g/mol. The van der Waals surface area contributed by atoms with Crippen molar-refractivity contribution in [3.63, 3.8) is 0 Å². The maximum absolute atomic E-state index is 12.4. The molecule has 2 unspecified atom stereocenters. The van der Waals surface area contributed by atoms with E-state index in [9.17, 15) is 9.59 Å². The molecule has 1 saturated carbocycles. The molecule has 2 atom stereocenters. The van der Waals surface area contributed by atoms with E-state index in [1.165, 1.54) is 7.11 Å². The van der Waals surface area contributed by atoms with Crippen molar-refractivity contribution in [2.45, 2.75) is 31.7 Å². The van der Waals surface area contributed by atoms with Gasteiger partial charge in [-0.05, 0) is 19.3 Å². The Labute approximate surface area is 132 Å². The first-order chi connectivity index (χ1) is 9.60. The summed E-state index contributed by atoms with van der Waals surface area (Å²) in [6.07, 6.45) is 3.88. The van der Waals surface area contributed by atoms with Gasteiger partial charge in [0.05, 0.1) is 13.7 Å². The molecule has 0 aromatic carbocycles. The number of hydrogen-bond acceptors (Lipinski definition) is 5. The lowest BCUT2D eigenvalue weighted by Gasteiger charge is -2.37. The van der Waals surface area contributed by atoms with Gasteiger partial charge in [0.1, 0.15) is 0 Å². The van der Waals surface area contributed by atoms with Gasteiger partial charge in [-0.2, -0.15) is 0 Å². The number of carbonyl (C=O) groups is 2. The molecule has 0 aromatic heterocycles. The van der Waals surface area contributed by atoms with Crippen LogP contribution in [0.3, 0.4) is 0 Å². The summed E-state index contributed by atoms with van der Waals surface area (Å²) in [5.41, 5.74) is 5.95. The fraction of sp³-hybridized carbons (Fsp3) is 0.857. The topological polar surface area (TPSA) is 75.9 Å². The molecule has 1 aliphatic carbocycles. The average Bonchev–Trinajstić information content (AvgIpc) is 2.47. The highest BCUT2D eigenvalue weighted by Crippen LogP contribution is 2.25. The van der Waals surface area contributed by atoms with Crippen LogP contribution in [0.5, 0.6) is 0 Å². The fourth-order valence-corrected chi connectivity index (χ4v) is 3.08. The minimum Gasteiger partial charge on any atom is -0.468 e. The summed E-state index contributed by atoms with van der Waals surface area (Å²) in [6, 6.07) is 0.179. The second-order valence-electron chi connectivity index (χ2n) is 5.80. The largest absolute Gasteiger partial charge is 0.468 e. The van der Waals surface area contributed by atoms with Crippen LogP contribution in [-0.4, -0.2) is 67.6 Å². The van der Waals surface area contributed by atoms with Gasteiger partial charge in [0.15, 0.2) is 0 Å². The molecule has 2 fully saturated rings. The zero-order valence-electron chi connectivity index (χ0n) is 12.6. The van der Waals surface area contributed by atoms with Crippen molar-refractivity contribution in [3.8, 4) is 0 Å². The van der Waals surface area contributed by atoms with E-state index in [1.54, 1.807) is 0 Å². The van der Waals surface area contributed by atoms with Gasteiger partial charge in [0.2, 0.25) is 5.91 Å². The first-order valence-electron chi connectivity index (χ1n) is 7.43. The third-order valence-electron chi connectivity index (χ3n) is 4.33. The first kappa shape index (κ1) is 18.2. The molecule has 122 valence electrons. The zero-order valence-corrected chi connectivity index (χ0v) is 13.4. The Morgan fingerprint density at radius 1 is 1.19 bits per heavy atom.